The van der Waals surface area contributed by atoms with E-state index >= 15 is 0 Å². The normalized spacial score (nSPS) is 14.4. The molecule has 0 bridgehead atoms. The van der Waals surface area contributed by atoms with Crippen molar-refractivity contribution in [2.45, 2.75) is 18.9 Å². The molecule has 21 heavy (non-hydrogen) atoms. The number of hydrogen-bond donors (Lipinski definition) is 2. The summed E-state index contributed by atoms with van der Waals surface area (Å²) in [4.78, 5) is 0. The first-order valence-corrected chi connectivity index (χ1v) is 7.16. The fourth-order valence-corrected chi connectivity index (χ4v) is 2.87. The summed E-state index contributed by atoms with van der Waals surface area (Å²) < 4.78 is 11.2. The Morgan fingerprint density at radius 3 is 2.90 bits per heavy atom. The quantitative estimate of drug-likeness (QED) is 0.654. The van der Waals surface area contributed by atoms with E-state index in [1.807, 2.05) is 18.2 Å². The van der Waals surface area contributed by atoms with E-state index in [0.717, 1.165) is 42.1 Å². The molecule has 2 aromatic rings. The number of rotatable bonds is 5. The molecule has 0 amide bonds. The average Bonchev–Trinajstić information content (AvgIpc) is 3.01. The second-order valence-electron chi connectivity index (χ2n) is 5.17. The van der Waals surface area contributed by atoms with Crippen LogP contribution >= 0.6 is 0 Å². The largest absolute Gasteiger partial charge is 0.496 e. The van der Waals surface area contributed by atoms with E-state index in [4.69, 9.17) is 15.3 Å². The summed E-state index contributed by atoms with van der Waals surface area (Å²) in [7, 11) is 1.69. The molecule has 110 valence electrons. The van der Waals surface area contributed by atoms with E-state index in [1.54, 1.807) is 7.11 Å². The van der Waals surface area contributed by atoms with Gasteiger partial charge in [-0.25, -0.2) is 0 Å². The molecule has 1 aliphatic heterocycles. The Labute approximate surface area is 124 Å². The zero-order valence-corrected chi connectivity index (χ0v) is 12.1. The van der Waals surface area contributed by atoms with Crippen molar-refractivity contribution in [1.29, 1.82) is 0 Å². The van der Waals surface area contributed by atoms with Gasteiger partial charge in [-0.15, -0.1) is 0 Å². The van der Waals surface area contributed by atoms with Crippen molar-refractivity contribution in [1.82, 2.24) is 5.43 Å². The predicted molar refractivity (Wildman–Crippen MR) is 82.4 cm³/mol. The van der Waals surface area contributed by atoms with Gasteiger partial charge in [0.1, 0.15) is 11.5 Å². The third kappa shape index (κ3) is 2.73. The monoisotopic (exact) mass is 284 g/mol. The van der Waals surface area contributed by atoms with E-state index in [2.05, 4.69) is 29.7 Å². The molecule has 0 aromatic heterocycles. The highest BCUT2D eigenvalue weighted by Crippen LogP contribution is 2.35. The maximum absolute atomic E-state index is 5.79. The van der Waals surface area contributed by atoms with Gasteiger partial charge in [-0.05, 0) is 23.6 Å². The predicted octanol–water partition coefficient (Wildman–Crippen LogP) is 2.38. The average molecular weight is 284 g/mol. The Morgan fingerprint density at radius 1 is 1.24 bits per heavy atom. The molecular formula is C17H20N2O2. The maximum atomic E-state index is 5.79. The number of nitrogens with two attached hydrogens (primary N) is 1. The van der Waals surface area contributed by atoms with Crippen LogP contribution in [0.15, 0.2) is 42.5 Å². The molecule has 3 rings (SSSR count). The summed E-state index contributed by atoms with van der Waals surface area (Å²) in [6, 6.07) is 14.3. The summed E-state index contributed by atoms with van der Waals surface area (Å²) in [6.45, 7) is 0.748. The van der Waals surface area contributed by atoms with Gasteiger partial charge < -0.3 is 9.47 Å². The fourth-order valence-electron chi connectivity index (χ4n) is 2.87. The molecule has 0 saturated carbocycles. The Balaban J connectivity index is 1.91. The van der Waals surface area contributed by atoms with Crippen molar-refractivity contribution in [3.63, 3.8) is 0 Å². The van der Waals surface area contributed by atoms with Crippen LogP contribution in [0.2, 0.25) is 0 Å². The first-order chi connectivity index (χ1) is 10.3. The molecule has 0 aliphatic carbocycles. The van der Waals surface area contributed by atoms with Crippen LogP contribution in [0.25, 0.3) is 0 Å². The van der Waals surface area contributed by atoms with Crippen LogP contribution in [0, 0.1) is 0 Å². The summed E-state index contributed by atoms with van der Waals surface area (Å²) in [6.07, 6.45) is 1.72. The molecule has 0 spiro atoms. The molecule has 2 aromatic carbocycles. The molecule has 1 heterocycles. The summed E-state index contributed by atoms with van der Waals surface area (Å²) in [5, 5.41) is 0. The van der Waals surface area contributed by atoms with Crippen LogP contribution in [0.1, 0.15) is 22.7 Å². The number of nitrogens with one attached hydrogen (secondary N) is 1. The smallest absolute Gasteiger partial charge is 0.127 e. The van der Waals surface area contributed by atoms with Crippen LogP contribution < -0.4 is 20.7 Å². The molecule has 0 saturated heterocycles. The Hall–Kier alpha value is -2.04. The van der Waals surface area contributed by atoms with E-state index in [1.165, 1.54) is 5.56 Å². The molecule has 0 fully saturated rings. The molecule has 4 nitrogen and oxygen atoms in total. The van der Waals surface area contributed by atoms with Gasteiger partial charge >= 0.3 is 0 Å². The van der Waals surface area contributed by atoms with Gasteiger partial charge in [-0.3, -0.25) is 11.3 Å². The van der Waals surface area contributed by atoms with Crippen LogP contribution in [0.5, 0.6) is 11.5 Å². The van der Waals surface area contributed by atoms with E-state index in [0.29, 0.717) is 0 Å². The molecule has 1 aliphatic rings. The lowest BCUT2D eigenvalue weighted by Crippen LogP contribution is -2.30. The highest BCUT2D eigenvalue weighted by Gasteiger charge is 2.22. The minimum atomic E-state index is -0.00523. The highest BCUT2D eigenvalue weighted by atomic mass is 16.5. The number of hydrogen-bond acceptors (Lipinski definition) is 4. The lowest BCUT2D eigenvalue weighted by Gasteiger charge is -2.20. The van der Waals surface area contributed by atoms with Gasteiger partial charge in [0.25, 0.3) is 0 Å². The fraction of sp³-hybridized carbons (Fsp3) is 0.294. The third-order valence-electron chi connectivity index (χ3n) is 3.94. The van der Waals surface area contributed by atoms with Gasteiger partial charge in [-0.2, -0.15) is 0 Å². The van der Waals surface area contributed by atoms with E-state index in [9.17, 15) is 0 Å². The molecule has 1 unspecified atom stereocenters. The molecular weight excluding hydrogens is 264 g/mol. The standard InChI is InChI=1S/C17H20N2O2/c1-20-16-8-3-2-5-13(16)11-15(19-18)14-7-4-6-12-9-10-21-17(12)14/h2-8,15,19H,9-11,18H2,1H3. The zero-order chi connectivity index (χ0) is 14.7. The lowest BCUT2D eigenvalue weighted by atomic mass is 9.96. The first-order valence-electron chi connectivity index (χ1n) is 7.16. The van der Waals surface area contributed by atoms with E-state index < -0.39 is 0 Å². The van der Waals surface area contributed by atoms with Crippen molar-refractivity contribution >= 4 is 0 Å². The lowest BCUT2D eigenvalue weighted by molar-refractivity contribution is 0.347. The minimum Gasteiger partial charge on any atom is -0.496 e. The number of ether oxygens (including phenoxy) is 2. The third-order valence-corrected chi connectivity index (χ3v) is 3.94. The number of methoxy groups -OCH3 is 1. The van der Waals surface area contributed by atoms with Crippen LogP contribution in [-0.4, -0.2) is 13.7 Å². The van der Waals surface area contributed by atoms with Crippen LogP contribution in [-0.2, 0) is 12.8 Å². The Morgan fingerprint density at radius 2 is 2.10 bits per heavy atom. The second-order valence-corrected chi connectivity index (χ2v) is 5.17. The Bertz CT molecular complexity index is 628. The van der Waals surface area contributed by atoms with Crippen molar-refractivity contribution in [3.8, 4) is 11.5 Å². The van der Waals surface area contributed by atoms with Gasteiger partial charge in [-0.1, -0.05) is 36.4 Å². The highest BCUT2D eigenvalue weighted by molar-refractivity contribution is 5.46. The topological polar surface area (TPSA) is 56.5 Å². The first kappa shape index (κ1) is 13.9. The van der Waals surface area contributed by atoms with Crippen molar-refractivity contribution in [2.75, 3.05) is 13.7 Å². The number of hydrazine groups is 1. The summed E-state index contributed by atoms with van der Waals surface area (Å²) in [5.74, 6) is 7.65. The number of benzene rings is 2. The van der Waals surface area contributed by atoms with Crippen molar-refractivity contribution in [2.24, 2.45) is 5.84 Å². The minimum absolute atomic E-state index is 0.00523. The molecule has 1 atom stereocenters. The maximum Gasteiger partial charge on any atom is 0.127 e. The summed E-state index contributed by atoms with van der Waals surface area (Å²) >= 11 is 0. The molecule has 3 N–H and O–H groups in total. The zero-order valence-electron chi connectivity index (χ0n) is 12.1. The van der Waals surface area contributed by atoms with Gasteiger partial charge in [0, 0.05) is 12.0 Å². The van der Waals surface area contributed by atoms with Crippen LogP contribution in [0.3, 0.4) is 0 Å². The van der Waals surface area contributed by atoms with Gasteiger partial charge in [0.2, 0.25) is 0 Å². The van der Waals surface area contributed by atoms with Gasteiger partial charge in [0.05, 0.1) is 19.8 Å². The van der Waals surface area contributed by atoms with Crippen molar-refractivity contribution < 1.29 is 9.47 Å². The number of fused-ring (bicyclic) bond motifs is 1. The van der Waals surface area contributed by atoms with Crippen molar-refractivity contribution in [3.05, 3.63) is 59.2 Å². The Kier molecular flexibility index (Phi) is 4.08. The van der Waals surface area contributed by atoms with Crippen LogP contribution in [0.4, 0.5) is 0 Å². The molecule has 4 heteroatoms. The second kappa shape index (κ2) is 6.16. The SMILES string of the molecule is COc1ccccc1CC(NN)c1cccc2c1OCC2. The number of para-hydroxylation sites is 2. The van der Waals surface area contributed by atoms with E-state index in [-0.39, 0.29) is 6.04 Å². The van der Waals surface area contributed by atoms with Gasteiger partial charge in [0.15, 0.2) is 0 Å². The summed E-state index contributed by atoms with van der Waals surface area (Å²) in [5.41, 5.74) is 6.40. The molecule has 0 radical (unpaired) electrons.